The Morgan fingerprint density at radius 3 is 2.65 bits per heavy atom. The molecule has 174 valence electrons. The first kappa shape index (κ1) is 21.9. The molecule has 0 aliphatic carbocycles. The summed E-state index contributed by atoms with van der Waals surface area (Å²) in [6, 6.07) is 11.7. The van der Waals surface area contributed by atoms with Crippen molar-refractivity contribution in [3.63, 3.8) is 0 Å². The van der Waals surface area contributed by atoms with Crippen molar-refractivity contribution in [1.82, 2.24) is 30.2 Å². The van der Waals surface area contributed by atoms with Crippen molar-refractivity contribution in [2.75, 3.05) is 13.1 Å². The maximum atomic E-state index is 12.8. The van der Waals surface area contributed by atoms with Gasteiger partial charge in [0.15, 0.2) is 5.82 Å². The summed E-state index contributed by atoms with van der Waals surface area (Å²) < 4.78 is 10.8. The lowest BCUT2D eigenvalue weighted by Crippen LogP contribution is -2.44. The Bertz CT molecular complexity index is 1270. The maximum Gasteiger partial charge on any atom is 0.259 e. The van der Waals surface area contributed by atoms with Gasteiger partial charge in [0.1, 0.15) is 0 Å². The minimum absolute atomic E-state index is 0.0847. The van der Waals surface area contributed by atoms with Gasteiger partial charge in [-0.1, -0.05) is 41.0 Å². The number of hydrogen-bond donors (Lipinski definition) is 0. The van der Waals surface area contributed by atoms with E-state index in [1.807, 2.05) is 48.2 Å². The van der Waals surface area contributed by atoms with Crippen LogP contribution < -0.4 is 0 Å². The third-order valence-electron chi connectivity index (χ3n) is 6.39. The fourth-order valence-electron chi connectivity index (χ4n) is 4.18. The third kappa shape index (κ3) is 4.59. The molecular formula is C25H26N6O3. The molecule has 1 amide bonds. The van der Waals surface area contributed by atoms with Crippen LogP contribution in [0.5, 0.6) is 0 Å². The number of carbonyl (C=O) groups is 1. The predicted octanol–water partition coefficient (Wildman–Crippen LogP) is 4.00. The number of benzene rings is 1. The summed E-state index contributed by atoms with van der Waals surface area (Å²) in [5.41, 5.74) is 2.59. The number of pyridine rings is 1. The summed E-state index contributed by atoms with van der Waals surface area (Å²) in [6.07, 6.45) is 5.69. The van der Waals surface area contributed by atoms with Gasteiger partial charge in [-0.05, 0) is 38.0 Å². The Hall–Kier alpha value is -3.88. The lowest BCUT2D eigenvalue weighted by atomic mass is 9.79. The van der Waals surface area contributed by atoms with Crippen LogP contribution in [0.3, 0.4) is 0 Å². The topological polar surface area (TPSA) is 111 Å². The summed E-state index contributed by atoms with van der Waals surface area (Å²) in [5.74, 6) is 2.24. The van der Waals surface area contributed by atoms with Crippen LogP contribution in [0, 0.1) is 6.92 Å². The zero-order valence-corrected chi connectivity index (χ0v) is 19.3. The highest BCUT2D eigenvalue weighted by Gasteiger charge is 2.37. The standard InChI is InChI=1S/C25H26N6O3/c1-17-5-3-6-18(15-17)22-27-20(33-29-22)8-9-21(32)31-13-10-25(2,11-14-31)24-28-23(34-30-24)19-7-4-12-26-16-19/h3-7,12,15-16H,8-11,13-14H2,1-2H3. The molecule has 0 saturated carbocycles. The number of piperidine rings is 1. The molecule has 0 atom stereocenters. The van der Waals surface area contributed by atoms with Crippen molar-refractivity contribution < 1.29 is 13.8 Å². The van der Waals surface area contributed by atoms with Gasteiger partial charge in [-0.3, -0.25) is 9.78 Å². The van der Waals surface area contributed by atoms with E-state index in [-0.39, 0.29) is 11.3 Å². The molecule has 3 aromatic heterocycles. The first-order valence-corrected chi connectivity index (χ1v) is 11.4. The zero-order valence-electron chi connectivity index (χ0n) is 19.3. The van der Waals surface area contributed by atoms with Gasteiger partial charge in [-0.2, -0.15) is 9.97 Å². The van der Waals surface area contributed by atoms with E-state index in [1.54, 1.807) is 12.4 Å². The average Bonchev–Trinajstić information content (AvgIpc) is 3.54. The molecule has 9 nitrogen and oxygen atoms in total. The predicted molar refractivity (Wildman–Crippen MR) is 123 cm³/mol. The van der Waals surface area contributed by atoms with E-state index >= 15 is 0 Å². The van der Waals surface area contributed by atoms with Crippen molar-refractivity contribution in [1.29, 1.82) is 0 Å². The molecule has 1 saturated heterocycles. The summed E-state index contributed by atoms with van der Waals surface area (Å²) in [7, 11) is 0. The first-order valence-electron chi connectivity index (χ1n) is 11.4. The van der Waals surface area contributed by atoms with Crippen molar-refractivity contribution in [3.8, 4) is 22.8 Å². The fourth-order valence-corrected chi connectivity index (χ4v) is 4.18. The zero-order chi connectivity index (χ0) is 23.5. The number of amides is 1. The summed E-state index contributed by atoms with van der Waals surface area (Å²) in [5, 5.41) is 8.28. The number of likely N-dealkylation sites (tertiary alicyclic amines) is 1. The lowest BCUT2D eigenvalue weighted by Gasteiger charge is -2.37. The Labute approximate surface area is 197 Å². The highest BCUT2D eigenvalue weighted by molar-refractivity contribution is 5.76. The Morgan fingerprint density at radius 1 is 1.06 bits per heavy atom. The molecule has 0 radical (unpaired) electrons. The smallest absolute Gasteiger partial charge is 0.259 e. The highest BCUT2D eigenvalue weighted by atomic mass is 16.5. The maximum absolute atomic E-state index is 12.8. The van der Waals surface area contributed by atoms with Crippen LogP contribution >= 0.6 is 0 Å². The quantitative estimate of drug-likeness (QED) is 0.426. The highest BCUT2D eigenvalue weighted by Crippen LogP contribution is 2.34. The molecule has 4 heterocycles. The molecule has 1 fully saturated rings. The van der Waals surface area contributed by atoms with E-state index in [0.29, 0.717) is 49.4 Å². The summed E-state index contributed by atoms with van der Waals surface area (Å²) in [6.45, 7) is 5.43. The normalized spacial score (nSPS) is 15.4. The Kier molecular flexibility index (Phi) is 5.91. The van der Waals surface area contributed by atoms with Gasteiger partial charge in [-0.25, -0.2) is 0 Å². The molecule has 0 spiro atoms. The SMILES string of the molecule is Cc1cccc(-c2noc(CCC(=O)N3CCC(C)(c4noc(-c5cccnc5)n4)CC3)n2)c1. The van der Waals surface area contributed by atoms with E-state index in [2.05, 4.69) is 32.2 Å². The van der Waals surface area contributed by atoms with E-state index < -0.39 is 0 Å². The van der Waals surface area contributed by atoms with Crippen molar-refractivity contribution in [2.24, 2.45) is 0 Å². The van der Waals surface area contributed by atoms with Crippen LogP contribution in [-0.2, 0) is 16.6 Å². The third-order valence-corrected chi connectivity index (χ3v) is 6.39. The molecule has 1 aliphatic rings. The molecule has 4 aromatic rings. The molecular weight excluding hydrogens is 432 g/mol. The van der Waals surface area contributed by atoms with Crippen LogP contribution in [0.1, 0.15) is 43.5 Å². The van der Waals surface area contributed by atoms with E-state index in [9.17, 15) is 4.79 Å². The molecule has 34 heavy (non-hydrogen) atoms. The van der Waals surface area contributed by atoms with Crippen LogP contribution in [0.25, 0.3) is 22.8 Å². The summed E-state index contributed by atoms with van der Waals surface area (Å²) in [4.78, 5) is 27.9. The number of nitrogens with zero attached hydrogens (tertiary/aromatic N) is 6. The lowest BCUT2D eigenvalue weighted by molar-refractivity contribution is -0.132. The number of carbonyl (C=O) groups excluding carboxylic acids is 1. The van der Waals surface area contributed by atoms with E-state index in [4.69, 9.17) is 9.05 Å². The molecule has 1 aromatic carbocycles. The second-order valence-corrected chi connectivity index (χ2v) is 8.99. The second-order valence-electron chi connectivity index (χ2n) is 8.99. The summed E-state index contributed by atoms with van der Waals surface area (Å²) >= 11 is 0. The fraction of sp³-hybridized carbons (Fsp3) is 0.360. The van der Waals surface area contributed by atoms with E-state index in [0.717, 1.165) is 29.5 Å². The molecule has 1 aliphatic heterocycles. The first-order chi connectivity index (χ1) is 16.5. The van der Waals surface area contributed by atoms with Crippen molar-refractivity contribution >= 4 is 5.91 Å². The van der Waals surface area contributed by atoms with Gasteiger partial charge in [-0.15, -0.1) is 0 Å². The minimum atomic E-state index is -0.240. The average molecular weight is 459 g/mol. The van der Waals surface area contributed by atoms with Gasteiger partial charge in [0.25, 0.3) is 5.89 Å². The van der Waals surface area contributed by atoms with Gasteiger partial charge in [0, 0.05) is 49.3 Å². The largest absolute Gasteiger partial charge is 0.343 e. The Balaban J connectivity index is 1.15. The van der Waals surface area contributed by atoms with Crippen LogP contribution in [0.2, 0.25) is 0 Å². The monoisotopic (exact) mass is 458 g/mol. The van der Waals surface area contributed by atoms with Gasteiger partial charge in [0.05, 0.1) is 5.56 Å². The van der Waals surface area contributed by atoms with Crippen molar-refractivity contribution in [3.05, 3.63) is 66.1 Å². The number of aryl methyl sites for hydroxylation is 2. The van der Waals surface area contributed by atoms with Gasteiger partial charge >= 0.3 is 0 Å². The van der Waals surface area contributed by atoms with Gasteiger partial charge in [0.2, 0.25) is 17.6 Å². The molecule has 0 unspecified atom stereocenters. The molecule has 0 bridgehead atoms. The molecule has 0 N–H and O–H groups in total. The molecule has 5 rings (SSSR count). The van der Waals surface area contributed by atoms with Gasteiger partial charge < -0.3 is 13.9 Å². The Morgan fingerprint density at radius 2 is 1.88 bits per heavy atom. The van der Waals surface area contributed by atoms with Crippen LogP contribution in [0.15, 0.2) is 57.8 Å². The van der Waals surface area contributed by atoms with Crippen molar-refractivity contribution in [2.45, 2.75) is 44.9 Å². The number of aromatic nitrogens is 5. The van der Waals surface area contributed by atoms with E-state index in [1.165, 1.54) is 0 Å². The number of hydrogen-bond acceptors (Lipinski definition) is 8. The molecule has 9 heteroatoms. The van der Waals surface area contributed by atoms with Crippen LogP contribution in [-0.4, -0.2) is 49.2 Å². The second kappa shape index (κ2) is 9.17. The van der Waals surface area contributed by atoms with Crippen LogP contribution in [0.4, 0.5) is 0 Å². The minimum Gasteiger partial charge on any atom is -0.343 e. The number of rotatable bonds is 6.